The van der Waals surface area contributed by atoms with Crippen molar-refractivity contribution in [2.45, 2.75) is 0 Å². The Kier molecular flexibility index (Phi) is 3.54. The summed E-state index contributed by atoms with van der Waals surface area (Å²) in [7, 11) is 0. The first-order chi connectivity index (χ1) is 14.4. The molecule has 6 rings (SSSR count). The summed E-state index contributed by atoms with van der Waals surface area (Å²) in [5.41, 5.74) is 7.35. The summed E-state index contributed by atoms with van der Waals surface area (Å²) in [6.07, 6.45) is 7.33. The van der Waals surface area contributed by atoms with Crippen molar-refractivity contribution < 1.29 is 0 Å². The second-order valence-electron chi connectivity index (χ2n) is 6.72. The van der Waals surface area contributed by atoms with E-state index in [0.29, 0.717) is 0 Å². The molecule has 29 heavy (non-hydrogen) atoms. The van der Waals surface area contributed by atoms with Crippen LogP contribution >= 0.6 is 11.3 Å². The molecule has 0 aliphatic rings. The number of nitrogens with one attached hydrogen (secondary N) is 2. The predicted octanol–water partition coefficient (Wildman–Crippen LogP) is 5.29. The van der Waals surface area contributed by atoms with Crippen LogP contribution in [0, 0.1) is 0 Å². The van der Waals surface area contributed by atoms with Gasteiger partial charge in [-0.3, -0.25) is 15.1 Å². The number of rotatable bonds is 3. The first-order valence-corrected chi connectivity index (χ1v) is 10.0. The Morgan fingerprint density at radius 2 is 1.90 bits per heavy atom. The summed E-state index contributed by atoms with van der Waals surface area (Å²) in [5, 5.41) is 10.8. The highest BCUT2D eigenvalue weighted by Gasteiger charge is 2.15. The number of aromatic nitrogens is 6. The minimum Gasteiger partial charge on any atom is -0.352 e. The molecule has 6 heterocycles. The van der Waals surface area contributed by atoms with Gasteiger partial charge < -0.3 is 4.98 Å². The molecule has 0 fully saturated rings. The maximum Gasteiger partial charge on any atom is 0.135 e. The Hall–Kier alpha value is -3.84. The Morgan fingerprint density at radius 1 is 0.897 bits per heavy atom. The van der Waals surface area contributed by atoms with E-state index < -0.39 is 0 Å². The maximum atomic E-state index is 4.86. The van der Waals surface area contributed by atoms with Gasteiger partial charge in [-0.05, 0) is 41.8 Å². The average Bonchev–Trinajstić information content (AvgIpc) is 3.52. The first-order valence-electron chi connectivity index (χ1n) is 9.13. The van der Waals surface area contributed by atoms with E-state index in [2.05, 4.69) is 48.7 Å². The molecule has 6 nitrogen and oxygen atoms in total. The number of nitrogens with zero attached hydrogens (tertiary/aromatic N) is 4. The summed E-state index contributed by atoms with van der Waals surface area (Å²) in [5.74, 6) is 0. The minimum atomic E-state index is 0.791. The van der Waals surface area contributed by atoms with Crippen LogP contribution in [-0.2, 0) is 0 Å². The lowest BCUT2D eigenvalue weighted by atomic mass is 10.1. The molecule has 0 saturated heterocycles. The second kappa shape index (κ2) is 6.35. The predicted molar refractivity (Wildman–Crippen MR) is 116 cm³/mol. The van der Waals surface area contributed by atoms with Gasteiger partial charge in [-0.1, -0.05) is 6.07 Å². The van der Waals surface area contributed by atoms with E-state index >= 15 is 0 Å². The maximum absolute atomic E-state index is 4.86. The quantitative estimate of drug-likeness (QED) is 0.427. The molecule has 0 bridgehead atoms. The molecule has 2 N–H and O–H groups in total. The number of H-pyrrole nitrogens is 2. The molecule has 7 heteroatoms. The van der Waals surface area contributed by atoms with Crippen LogP contribution in [0.4, 0.5) is 0 Å². The van der Waals surface area contributed by atoms with Crippen molar-refractivity contribution in [1.29, 1.82) is 0 Å². The Morgan fingerprint density at radius 3 is 2.76 bits per heavy atom. The molecule has 0 aliphatic carbocycles. The van der Waals surface area contributed by atoms with E-state index in [4.69, 9.17) is 4.98 Å². The van der Waals surface area contributed by atoms with Gasteiger partial charge in [0, 0.05) is 40.0 Å². The molecule has 0 amide bonds. The lowest BCUT2D eigenvalue weighted by molar-refractivity contribution is 1.12. The van der Waals surface area contributed by atoms with Crippen LogP contribution < -0.4 is 0 Å². The fourth-order valence-corrected chi connectivity index (χ4v) is 4.32. The normalized spacial score (nSPS) is 11.4. The van der Waals surface area contributed by atoms with Crippen molar-refractivity contribution in [2.75, 3.05) is 0 Å². The summed E-state index contributed by atoms with van der Waals surface area (Å²) in [4.78, 5) is 18.1. The molecule has 0 spiro atoms. The molecule has 0 saturated carbocycles. The standard InChI is InChI=1S/C22H14N6S/c1-3-13(10-23-7-1)16-5-6-17-21(26-16)22(28-27-17)18-9-14-15(20-4-2-8-29-20)11-24-12-19(14)25-18/h1-12,25H,(H,27,28). The molecule has 6 aromatic rings. The molecule has 0 radical (unpaired) electrons. The monoisotopic (exact) mass is 394 g/mol. The average molecular weight is 394 g/mol. The molecule has 0 aliphatic heterocycles. The number of fused-ring (bicyclic) bond motifs is 2. The van der Waals surface area contributed by atoms with Crippen molar-refractivity contribution in [1.82, 2.24) is 30.1 Å². The highest BCUT2D eigenvalue weighted by atomic mass is 32.1. The highest BCUT2D eigenvalue weighted by Crippen LogP contribution is 2.35. The van der Waals surface area contributed by atoms with Crippen molar-refractivity contribution in [3.63, 3.8) is 0 Å². The highest BCUT2D eigenvalue weighted by molar-refractivity contribution is 7.13. The molecular formula is C22H14N6S. The minimum absolute atomic E-state index is 0.791. The van der Waals surface area contributed by atoms with Gasteiger partial charge in [-0.15, -0.1) is 11.3 Å². The van der Waals surface area contributed by atoms with Gasteiger partial charge in [-0.25, -0.2) is 4.98 Å². The summed E-state index contributed by atoms with van der Waals surface area (Å²) >= 11 is 1.71. The van der Waals surface area contributed by atoms with Crippen LogP contribution in [0.15, 0.2) is 72.6 Å². The van der Waals surface area contributed by atoms with Crippen LogP contribution in [-0.4, -0.2) is 30.1 Å². The van der Waals surface area contributed by atoms with Crippen molar-refractivity contribution in [2.24, 2.45) is 0 Å². The van der Waals surface area contributed by atoms with Gasteiger partial charge in [0.2, 0.25) is 0 Å². The van der Waals surface area contributed by atoms with Gasteiger partial charge in [0.25, 0.3) is 0 Å². The van der Waals surface area contributed by atoms with E-state index in [1.165, 1.54) is 4.88 Å². The molecule has 0 aromatic carbocycles. The number of pyridine rings is 3. The fraction of sp³-hybridized carbons (Fsp3) is 0. The van der Waals surface area contributed by atoms with Gasteiger partial charge in [-0.2, -0.15) is 5.10 Å². The molecule has 138 valence electrons. The zero-order valence-corrected chi connectivity index (χ0v) is 15.9. The Labute approximate surface area is 169 Å². The molecule has 0 atom stereocenters. The second-order valence-corrected chi connectivity index (χ2v) is 7.66. The van der Waals surface area contributed by atoms with Crippen LogP contribution in [0.25, 0.3) is 55.0 Å². The lowest BCUT2D eigenvalue weighted by Crippen LogP contribution is -1.86. The van der Waals surface area contributed by atoms with Crippen molar-refractivity contribution in [3.05, 3.63) is 72.6 Å². The number of aromatic amines is 2. The number of hydrogen-bond acceptors (Lipinski definition) is 5. The Bertz CT molecular complexity index is 1450. The third kappa shape index (κ3) is 2.63. The zero-order chi connectivity index (χ0) is 19.2. The molecule has 6 aromatic heterocycles. The summed E-state index contributed by atoms with van der Waals surface area (Å²) < 4.78 is 0. The Balaban J connectivity index is 1.53. The van der Waals surface area contributed by atoms with Gasteiger partial charge in [0.05, 0.1) is 28.6 Å². The van der Waals surface area contributed by atoms with Crippen molar-refractivity contribution in [3.8, 4) is 33.1 Å². The zero-order valence-electron chi connectivity index (χ0n) is 15.1. The largest absolute Gasteiger partial charge is 0.352 e. The third-order valence-electron chi connectivity index (χ3n) is 4.95. The van der Waals surface area contributed by atoms with Crippen molar-refractivity contribution >= 4 is 33.3 Å². The van der Waals surface area contributed by atoms with E-state index in [9.17, 15) is 0 Å². The third-order valence-corrected chi connectivity index (χ3v) is 5.86. The fourth-order valence-electron chi connectivity index (χ4n) is 3.57. The van der Waals surface area contributed by atoms with Gasteiger partial charge in [0.1, 0.15) is 11.2 Å². The SMILES string of the molecule is c1cncc(-c2ccc3[nH]nc(-c4cc5c(-c6cccs6)cncc5[nH]4)c3n2)c1. The van der Waals surface area contributed by atoms with Crippen LogP contribution in [0.3, 0.4) is 0 Å². The topological polar surface area (TPSA) is 83.1 Å². The summed E-state index contributed by atoms with van der Waals surface area (Å²) in [6, 6.07) is 14.2. The first kappa shape index (κ1) is 16.1. The van der Waals surface area contributed by atoms with Gasteiger partial charge >= 0.3 is 0 Å². The van der Waals surface area contributed by atoms with Crippen LogP contribution in [0.2, 0.25) is 0 Å². The lowest BCUT2D eigenvalue weighted by Gasteiger charge is -2.00. The van der Waals surface area contributed by atoms with E-state index in [1.54, 1.807) is 17.5 Å². The molecule has 0 unspecified atom stereocenters. The van der Waals surface area contributed by atoms with E-state index in [0.717, 1.165) is 50.1 Å². The van der Waals surface area contributed by atoms with Gasteiger partial charge in [0.15, 0.2) is 0 Å². The van der Waals surface area contributed by atoms with E-state index in [-0.39, 0.29) is 0 Å². The molecular weight excluding hydrogens is 380 g/mol. The smallest absolute Gasteiger partial charge is 0.135 e. The number of thiophene rings is 1. The van der Waals surface area contributed by atoms with Crippen LogP contribution in [0.5, 0.6) is 0 Å². The van der Waals surface area contributed by atoms with E-state index in [1.807, 2.05) is 42.9 Å². The van der Waals surface area contributed by atoms with Crippen LogP contribution in [0.1, 0.15) is 0 Å². The number of hydrogen-bond donors (Lipinski definition) is 2. The summed E-state index contributed by atoms with van der Waals surface area (Å²) in [6.45, 7) is 0.